The molecular weight excluding hydrogens is 264 g/mol. The maximum absolute atomic E-state index is 11.7. The Labute approximate surface area is 130 Å². The molecule has 1 saturated heterocycles. The van der Waals surface area contributed by atoms with E-state index < -0.39 is 11.5 Å². The molecule has 0 bridgehead atoms. The van der Waals surface area contributed by atoms with Crippen LogP contribution in [0.4, 0.5) is 0 Å². The number of nitrogens with one attached hydrogen (secondary N) is 1. The number of rotatable bonds is 8. The number of aliphatic carboxylic acids is 1. The average molecular weight is 298 g/mol. The predicted octanol–water partition coefficient (Wildman–Crippen LogP) is 3.26. The number of hydrogen-bond donors (Lipinski definition) is 2. The molecule has 21 heavy (non-hydrogen) atoms. The molecule has 3 atom stereocenters. The zero-order valence-electron chi connectivity index (χ0n) is 14.5. The Balaban J connectivity index is 2.58. The van der Waals surface area contributed by atoms with Gasteiger partial charge in [0.05, 0.1) is 0 Å². The molecule has 4 heteroatoms. The number of carbonyl (C=O) groups is 1. The molecule has 4 nitrogen and oxygen atoms in total. The highest BCUT2D eigenvalue weighted by atomic mass is 16.4. The molecule has 1 aliphatic heterocycles. The van der Waals surface area contributed by atoms with Crippen molar-refractivity contribution in [3.8, 4) is 0 Å². The number of likely N-dealkylation sites (tertiary alicyclic amines) is 1. The van der Waals surface area contributed by atoms with Crippen LogP contribution < -0.4 is 5.32 Å². The van der Waals surface area contributed by atoms with E-state index in [1.807, 2.05) is 20.8 Å². The van der Waals surface area contributed by atoms with Gasteiger partial charge in [-0.25, -0.2) is 0 Å². The van der Waals surface area contributed by atoms with Crippen molar-refractivity contribution in [1.29, 1.82) is 0 Å². The zero-order chi connectivity index (χ0) is 16.0. The van der Waals surface area contributed by atoms with Crippen molar-refractivity contribution < 1.29 is 9.90 Å². The van der Waals surface area contributed by atoms with Crippen molar-refractivity contribution in [1.82, 2.24) is 10.2 Å². The van der Waals surface area contributed by atoms with E-state index in [2.05, 4.69) is 24.1 Å². The van der Waals surface area contributed by atoms with Crippen LogP contribution in [0.15, 0.2) is 0 Å². The fourth-order valence-corrected chi connectivity index (χ4v) is 3.70. The van der Waals surface area contributed by atoms with E-state index in [9.17, 15) is 9.90 Å². The summed E-state index contributed by atoms with van der Waals surface area (Å²) in [4.78, 5) is 14.3. The molecule has 1 aliphatic rings. The van der Waals surface area contributed by atoms with Gasteiger partial charge < -0.3 is 5.11 Å². The Kier molecular flexibility index (Phi) is 7.14. The Hall–Kier alpha value is -0.610. The second-order valence-corrected chi connectivity index (χ2v) is 7.01. The van der Waals surface area contributed by atoms with Gasteiger partial charge in [0, 0.05) is 18.1 Å². The fourth-order valence-electron chi connectivity index (χ4n) is 3.70. The first-order valence-electron chi connectivity index (χ1n) is 8.59. The number of carboxylic acids is 1. The van der Waals surface area contributed by atoms with Crippen LogP contribution in [0.3, 0.4) is 0 Å². The number of nitrogens with zero attached hydrogens (tertiary/aromatic N) is 1. The second kappa shape index (κ2) is 8.14. The summed E-state index contributed by atoms with van der Waals surface area (Å²) < 4.78 is 0. The summed E-state index contributed by atoms with van der Waals surface area (Å²) in [5.74, 6) is -0.710. The van der Waals surface area contributed by atoms with Gasteiger partial charge in [-0.2, -0.15) is 0 Å². The fraction of sp³-hybridized carbons (Fsp3) is 0.941. The van der Waals surface area contributed by atoms with Crippen LogP contribution in [0.25, 0.3) is 0 Å². The first-order chi connectivity index (χ1) is 9.82. The maximum Gasteiger partial charge on any atom is 0.323 e. The average Bonchev–Trinajstić information content (AvgIpc) is 2.40. The van der Waals surface area contributed by atoms with Crippen molar-refractivity contribution in [3.05, 3.63) is 0 Å². The first-order valence-corrected chi connectivity index (χ1v) is 8.59. The van der Waals surface area contributed by atoms with Crippen LogP contribution >= 0.6 is 0 Å². The van der Waals surface area contributed by atoms with Gasteiger partial charge in [-0.3, -0.25) is 15.0 Å². The summed E-state index contributed by atoms with van der Waals surface area (Å²) in [6.45, 7) is 11.6. The largest absolute Gasteiger partial charge is 0.480 e. The van der Waals surface area contributed by atoms with E-state index in [1.54, 1.807) is 0 Å². The minimum absolute atomic E-state index is 0.189. The summed E-state index contributed by atoms with van der Waals surface area (Å²) >= 11 is 0. The van der Waals surface area contributed by atoms with E-state index in [-0.39, 0.29) is 6.04 Å². The summed E-state index contributed by atoms with van der Waals surface area (Å²) in [7, 11) is 0. The normalized spacial score (nSPS) is 26.8. The Morgan fingerprint density at radius 3 is 2.33 bits per heavy atom. The topological polar surface area (TPSA) is 52.6 Å². The minimum atomic E-state index is -0.767. The molecule has 3 unspecified atom stereocenters. The highest BCUT2D eigenvalue weighted by Gasteiger charge is 2.37. The number of hydrogen-bond acceptors (Lipinski definition) is 3. The van der Waals surface area contributed by atoms with Crippen LogP contribution in [0.1, 0.15) is 73.1 Å². The van der Waals surface area contributed by atoms with Gasteiger partial charge in [-0.05, 0) is 66.3 Å². The highest BCUT2D eigenvalue weighted by Crippen LogP contribution is 2.25. The molecule has 0 spiro atoms. The molecule has 124 valence electrons. The Bertz CT molecular complexity index is 323. The highest BCUT2D eigenvalue weighted by molar-refractivity contribution is 5.78. The predicted molar refractivity (Wildman–Crippen MR) is 87.6 cm³/mol. The summed E-state index contributed by atoms with van der Waals surface area (Å²) in [5, 5.41) is 12.9. The van der Waals surface area contributed by atoms with Gasteiger partial charge in [0.2, 0.25) is 0 Å². The lowest BCUT2D eigenvalue weighted by atomic mass is 9.88. The van der Waals surface area contributed by atoms with Gasteiger partial charge in [0.15, 0.2) is 0 Å². The molecule has 1 rings (SSSR count). The monoisotopic (exact) mass is 298 g/mol. The quantitative estimate of drug-likeness (QED) is 0.722. The van der Waals surface area contributed by atoms with Gasteiger partial charge in [-0.15, -0.1) is 0 Å². The third-order valence-corrected chi connectivity index (χ3v) is 4.97. The molecule has 1 heterocycles. The van der Waals surface area contributed by atoms with E-state index in [0.717, 1.165) is 13.0 Å². The van der Waals surface area contributed by atoms with Crippen molar-refractivity contribution in [2.75, 3.05) is 6.54 Å². The summed E-state index contributed by atoms with van der Waals surface area (Å²) in [5.41, 5.74) is -0.767. The van der Waals surface area contributed by atoms with Gasteiger partial charge in [0.25, 0.3) is 0 Å². The molecule has 0 aromatic heterocycles. The van der Waals surface area contributed by atoms with Gasteiger partial charge in [0.1, 0.15) is 5.54 Å². The van der Waals surface area contributed by atoms with E-state index >= 15 is 0 Å². The molecule has 0 radical (unpaired) electrons. The molecule has 0 amide bonds. The van der Waals surface area contributed by atoms with Crippen LogP contribution in [0, 0.1) is 0 Å². The van der Waals surface area contributed by atoms with E-state index in [4.69, 9.17) is 0 Å². The van der Waals surface area contributed by atoms with E-state index in [1.165, 1.54) is 19.3 Å². The van der Waals surface area contributed by atoms with Crippen LogP contribution in [0.5, 0.6) is 0 Å². The van der Waals surface area contributed by atoms with Crippen LogP contribution in [-0.2, 0) is 4.79 Å². The SMILES string of the molecule is CCC(CCCN1C(C)CCCC1C)(NC(C)C)C(=O)O. The second-order valence-electron chi connectivity index (χ2n) is 7.01. The zero-order valence-corrected chi connectivity index (χ0v) is 14.5. The maximum atomic E-state index is 11.7. The molecule has 0 aromatic carbocycles. The van der Waals surface area contributed by atoms with Gasteiger partial charge >= 0.3 is 5.97 Å². The van der Waals surface area contributed by atoms with E-state index in [0.29, 0.717) is 24.9 Å². The first kappa shape index (κ1) is 18.4. The molecule has 1 fully saturated rings. The Morgan fingerprint density at radius 2 is 1.90 bits per heavy atom. The number of piperidine rings is 1. The summed E-state index contributed by atoms with van der Waals surface area (Å²) in [6.07, 6.45) is 6.13. The Morgan fingerprint density at radius 1 is 1.33 bits per heavy atom. The van der Waals surface area contributed by atoms with Gasteiger partial charge in [-0.1, -0.05) is 13.3 Å². The van der Waals surface area contributed by atoms with Crippen molar-refractivity contribution in [2.24, 2.45) is 0 Å². The minimum Gasteiger partial charge on any atom is -0.480 e. The molecular formula is C17H34N2O2. The standard InChI is InChI=1S/C17H34N2O2/c1-6-17(16(20)21,18-13(2)3)11-8-12-19-14(4)9-7-10-15(19)5/h13-15,18H,6-12H2,1-5H3,(H,20,21). The molecule has 0 aliphatic carbocycles. The third kappa shape index (κ3) is 4.96. The molecule has 0 aromatic rings. The number of carboxylic acid groups (broad SMARTS) is 1. The smallest absolute Gasteiger partial charge is 0.323 e. The lowest BCUT2D eigenvalue weighted by Crippen LogP contribution is -2.55. The molecule has 0 saturated carbocycles. The molecule has 2 N–H and O–H groups in total. The van der Waals surface area contributed by atoms with Crippen LogP contribution in [-0.4, -0.2) is 46.2 Å². The van der Waals surface area contributed by atoms with Crippen molar-refractivity contribution in [3.63, 3.8) is 0 Å². The van der Waals surface area contributed by atoms with Crippen LogP contribution in [0.2, 0.25) is 0 Å². The van der Waals surface area contributed by atoms with Crippen molar-refractivity contribution in [2.45, 2.75) is 96.8 Å². The summed E-state index contributed by atoms with van der Waals surface area (Å²) in [6, 6.07) is 1.45. The third-order valence-electron chi connectivity index (χ3n) is 4.97. The van der Waals surface area contributed by atoms with Crippen molar-refractivity contribution >= 4 is 5.97 Å². The lowest BCUT2D eigenvalue weighted by molar-refractivity contribution is -0.146. The lowest BCUT2D eigenvalue weighted by Gasteiger charge is -2.40.